The minimum Gasteiger partial charge on any atom is -0.543 e. The molecule has 2 aromatic carbocycles. The highest BCUT2D eigenvalue weighted by Gasteiger charge is 2.39. The number of amides is 6. The lowest BCUT2D eigenvalue weighted by molar-refractivity contribution is -0.130. The second kappa shape index (κ2) is 27.1. The first-order chi connectivity index (χ1) is 35.3. The van der Waals surface area contributed by atoms with Crippen molar-refractivity contribution >= 4 is 50.5 Å². The molecule has 0 aliphatic carbocycles. The van der Waals surface area contributed by atoms with Crippen molar-refractivity contribution in [1.82, 2.24) is 42.0 Å². The third-order valence-corrected chi connectivity index (χ3v) is 15.8. The van der Waals surface area contributed by atoms with Crippen LogP contribution in [0.1, 0.15) is 163 Å². The lowest BCUT2D eigenvalue weighted by Crippen LogP contribution is -2.53. The number of nitrogens with zero attached hydrogens (tertiary/aromatic N) is 3. The van der Waals surface area contributed by atoms with E-state index in [-0.39, 0.29) is 43.3 Å². The molecule has 0 bridgehead atoms. The highest BCUT2D eigenvalue weighted by molar-refractivity contribution is 6.74. The van der Waals surface area contributed by atoms with Gasteiger partial charge in [-0.1, -0.05) is 56.3 Å². The van der Waals surface area contributed by atoms with Crippen LogP contribution in [0, 0.1) is 13.8 Å². The van der Waals surface area contributed by atoms with E-state index in [0.29, 0.717) is 24.4 Å². The number of carbonyl (C=O) groups excluding carboxylic acids is 6. The topological polar surface area (TPSA) is 272 Å². The number of nitrogens with one attached hydrogen (secondary N) is 6. The number of alkyl carbamates (subject to hydrolysis) is 4. The van der Waals surface area contributed by atoms with Gasteiger partial charge in [-0.15, -0.1) is 0 Å². The first-order valence-corrected chi connectivity index (χ1v) is 29.0. The summed E-state index contributed by atoms with van der Waals surface area (Å²) >= 11 is 0. The van der Waals surface area contributed by atoms with Gasteiger partial charge < -0.3 is 49.2 Å². The number of ether oxygens (including phenoxy) is 4. The Labute approximate surface area is 456 Å². The summed E-state index contributed by atoms with van der Waals surface area (Å²) in [5.41, 5.74) is -0.267. The number of hydrogen-bond acceptors (Lipinski definition) is 15. The molecular weight excluding hydrogens is 1010 g/mol. The van der Waals surface area contributed by atoms with Crippen LogP contribution in [-0.2, 0) is 41.4 Å². The van der Waals surface area contributed by atoms with Crippen LogP contribution < -0.4 is 36.3 Å². The van der Waals surface area contributed by atoms with Crippen LogP contribution in [0.15, 0.2) is 52.0 Å². The van der Waals surface area contributed by atoms with Crippen molar-refractivity contribution in [3.8, 4) is 5.75 Å². The highest BCUT2D eigenvalue weighted by atomic mass is 28.4. The van der Waals surface area contributed by atoms with Crippen molar-refractivity contribution in [2.45, 2.75) is 208 Å². The number of aromatic nitrogens is 2. The summed E-state index contributed by atoms with van der Waals surface area (Å²) in [6, 6.07) is 9.61. The third kappa shape index (κ3) is 24.4. The lowest BCUT2D eigenvalue weighted by Gasteiger charge is -2.36. The molecule has 0 unspecified atom stereocenters. The fraction of sp³-hybridized carbons (Fsp3) is 0.618. The molecule has 428 valence electrons. The number of benzene rings is 2. The van der Waals surface area contributed by atoms with Crippen LogP contribution in [-0.4, -0.2) is 108 Å². The number of hydrogen-bond donors (Lipinski definition) is 6. The summed E-state index contributed by atoms with van der Waals surface area (Å²) in [5, 5.41) is 20.3. The molecule has 6 N–H and O–H groups in total. The van der Waals surface area contributed by atoms with E-state index in [2.05, 4.69) is 80.9 Å². The second-order valence-electron chi connectivity index (χ2n) is 24.5. The smallest absolute Gasteiger partial charge is 0.414 e. The molecule has 0 aliphatic rings. The van der Waals surface area contributed by atoms with Gasteiger partial charge in [0, 0.05) is 25.9 Å². The van der Waals surface area contributed by atoms with Crippen LogP contribution in [0.2, 0.25) is 18.1 Å². The van der Waals surface area contributed by atoms with Gasteiger partial charge in [0.2, 0.25) is 32.0 Å². The van der Waals surface area contributed by atoms with Gasteiger partial charge in [-0.25, -0.2) is 24.2 Å². The Morgan fingerprint density at radius 1 is 0.649 bits per heavy atom. The fourth-order valence-corrected chi connectivity index (χ4v) is 8.01. The minimum absolute atomic E-state index is 0.0443. The Bertz CT molecular complexity index is 2460. The van der Waals surface area contributed by atoms with Crippen LogP contribution in [0.4, 0.5) is 19.2 Å². The number of aliphatic imine (C=N–C) groups is 1. The van der Waals surface area contributed by atoms with Gasteiger partial charge in [0.15, 0.2) is 5.82 Å². The molecule has 3 atom stereocenters. The van der Waals surface area contributed by atoms with Crippen molar-refractivity contribution in [3.05, 3.63) is 76.4 Å². The third-order valence-electron chi connectivity index (χ3n) is 11.4. The highest BCUT2D eigenvalue weighted by Crippen LogP contribution is 2.38. The summed E-state index contributed by atoms with van der Waals surface area (Å²) in [5.74, 6) is -0.867. The summed E-state index contributed by atoms with van der Waals surface area (Å²) < 4.78 is 34.2. The van der Waals surface area contributed by atoms with E-state index in [9.17, 15) is 24.0 Å². The monoisotopic (exact) mass is 1090 g/mol. The Kier molecular flexibility index (Phi) is 22.7. The van der Waals surface area contributed by atoms with Gasteiger partial charge in [0.1, 0.15) is 46.3 Å². The van der Waals surface area contributed by atoms with Gasteiger partial charge in [-0.05, 0) is 169 Å². The summed E-state index contributed by atoms with van der Waals surface area (Å²) in [6.07, 6.45) is -2.81. The molecule has 0 saturated carbocycles. The maximum absolute atomic E-state index is 15.1. The average Bonchev–Trinajstić information content (AvgIpc) is 3.70. The first-order valence-electron chi connectivity index (χ1n) is 26.1. The number of guanidine groups is 1. The predicted octanol–water partition coefficient (Wildman–Crippen LogP) is 9.54. The first kappa shape index (κ1) is 64.6. The van der Waals surface area contributed by atoms with Gasteiger partial charge in [-0.3, -0.25) is 20.2 Å². The maximum atomic E-state index is 15.1. The Balaban J connectivity index is 2.20. The van der Waals surface area contributed by atoms with Crippen molar-refractivity contribution < 1.29 is 56.7 Å². The molecular formula is C55H87N9O12Si. The molecule has 1 aromatic heterocycles. The lowest BCUT2D eigenvalue weighted by atomic mass is 9.95. The molecule has 6 amide bonds. The van der Waals surface area contributed by atoms with Gasteiger partial charge in [-0.2, -0.15) is 4.98 Å². The van der Waals surface area contributed by atoms with E-state index in [0.717, 1.165) is 22.3 Å². The number of aryl methyl sites for hydroxylation is 2. The zero-order valence-electron chi connectivity index (χ0n) is 49.0. The summed E-state index contributed by atoms with van der Waals surface area (Å²) in [4.78, 5) is 91.1. The molecule has 0 aliphatic heterocycles. The predicted molar refractivity (Wildman–Crippen MR) is 296 cm³/mol. The average molecular weight is 1090 g/mol. The van der Waals surface area contributed by atoms with Crippen molar-refractivity contribution in [2.24, 2.45) is 4.99 Å². The SMILES string of the molecule is Cc1cc(O[Si](C)(C)C(C)(C)C)cc(C)c1C[C@H](NC(=O)[C@@H](CCNC(=O)OC(C)(C)C)N=C(NC(=O)OC(C)(C)C)NC(=O)OC(C)(C)C)C(=O)N[C@H](CCCNC(=O)OC(C)(C)C)c1nc(Cc2ccccc2)no1. The Hall–Kier alpha value is -6.71. The van der Waals surface area contributed by atoms with E-state index in [1.54, 1.807) is 83.1 Å². The van der Waals surface area contributed by atoms with E-state index < -0.39 is 91.0 Å². The second-order valence-corrected chi connectivity index (χ2v) is 29.2. The Morgan fingerprint density at radius 3 is 1.64 bits per heavy atom. The van der Waals surface area contributed by atoms with Gasteiger partial charge >= 0.3 is 24.4 Å². The zero-order chi connectivity index (χ0) is 58.3. The van der Waals surface area contributed by atoms with Crippen LogP contribution >= 0.6 is 0 Å². The van der Waals surface area contributed by atoms with E-state index in [4.69, 9.17) is 27.9 Å². The van der Waals surface area contributed by atoms with E-state index >= 15 is 4.79 Å². The van der Waals surface area contributed by atoms with Crippen LogP contribution in [0.25, 0.3) is 0 Å². The van der Waals surface area contributed by atoms with Crippen molar-refractivity contribution in [1.29, 1.82) is 0 Å². The molecule has 21 nitrogen and oxygen atoms in total. The Morgan fingerprint density at radius 2 is 1.14 bits per heavy atom. The van der Waals surface area contributed by atoms with Crippen molar-refractivity contribution in [2.75, 3.05) is 13.1 Å². The number of rotatable bonds is 19. The fourth-order valence-electron chi connectivity index (χ4n) is 6.99. The number of carbonyl (C=O) groups is 6. The summed E-state index contributed by atoms with van der Waals surface area (Å²) in [7, 11) is -2.27. The molecule has 0 saturated heterocycles. The van der Waals surface area contributed by atoms with E-state index in [1.165, 1.54) is 0 Å². The molecule has 1 heterocycles. The molecule has 3 aromatic rings. The van der Waals surface area contributed by atoms with Crippen LogP contribution in [0.3, 0.4) is 0 Å². The zero-order valence-corrected chi connectivity index (χ0v) is 50.0. The molecule has 0 spiro atoms. The molecule has 3 rings (SSSR count). The van der Waals surface area contributed by atoms with Crippen LogP contribution in [0.5, 0.6) is 5.75 Å². The van der Waals surface area contributed by atoms with Crippen molar-refractivity contribution in [3.63, 3.8) is 0 Å². The molecule has 0 radical (unpaired) electrons. The van der Waals surface area contributed by atoms with E-state index in [1.807, 2.05) is 56.3 Å². The molecule has 77 heavy (non-hydrogen) atoms. The van der Waals surface area contributed by atoms with Gasteiger partial charge in [0.25, 0.3) is 0 Å². The van der Waals surface area contributed by atoms with Gasteiger partial charge in [0.05, 0.1) is 0 Å². The molecule has 22 heteroatoms. The summed E-state index contributed by atoms with van der Waals surface area (Å²) in [6.45, 7) is 34.7. The maximum Gasteiger partial charge on any atom is 0.414 e. The molecule has 0 fully saturated rings. The standard InChI is InChI=1S/C55H87N9O12Si/c1-34-30-37(76-77(18,19)55(15,16)17)31-35(2)38(34)33-41(44(66)58-40(26-23-28-56-47(67)71-51(3,4)5)45-61-42(64-75-45)32-36-24-21-20-22-25-36)59-43(65)39(27-29-57-48(68)72-52(6,7)8)60-46(62-49(69)73-53(9,10)11)63-50(70)74-54(12,13)14/h20-22,24-25,30-31,39-41H,23,26-29,32-33H2,1-19H3,(H,56,67)(H,57,68)(H,58,66)(H,59,65)(H2,60,62,63,69,70)/t39-,40-,41+/m1/s1. The minimum atomic E-state index is -2.27. The quantitative estimate of drug-likeness (QED) is 0.0215. The normalized spacial score (nSPS) is 13.4. The largest absolute Gasteiger partial charge is 0.543 e.